The lowest BCUT2D eigenvalue weighted by Crippen LogP contribution is -2.37. The number of hydrogen-bond donors (Lipinski definition) is 1. The number of aryl methyl sites for hydroxylation is 1. The van der Waals surface area contributed by atoms with E-state index < -0.39 is 26.7 Å². The number of fused-ring (bicyclic) bond motifs is 1. The third-order valence-corrected chi connectivity index (χ3v) is 5.40. The van der Waals surface area contributed by atoms with E-state index in [4.69, 9.17) is 4.74 Å². The first-order valence-corrected chi connectivity index (χ1v) is 9.15. The van der Waals surface area contributed by atoms with Gasteiger partial charge in [0.25, 0.3) is 0 Å². The van der Waals surface area contributed by atoms with Gasteiger partial charge in [0.2, 0.25) is 10.0 Å². The van der Waals surface area contributed by atoms with Crippen LogP contribution in [0.25, 0.3) is 0 Å². The Morgan fingerprint density at radius 2 is 1.88 bits per heavy atom. The summed E-state index contributed by atoms with van der Waals surface area (Å²) in [6.07, 6.45) is -3.58. The lowest BCUT2D eigenvalue weighted by Gasteiger charge is -2.26. The van der Waals surface area contributed by atoms with E-state index in [0.29, 0.717) is 18.2 Å². The van der Waals surface area contributed by atoms with E-state index in [0.717, 1.165) is 30.2 Å². The molecule has 134 valence electrons. The van der Waals surface area contributed by atoms with Gasteiger partial charge in [0.15, 0.2) is 0 Å². The topological polar surface area (TPSA) is 55.4 Å². The molecule has 2 aromatic rings. The maximum atomic E-state index is 12.7. The molecule has 0 fully saturated rings. The van der Waals surface area contributed by atoms with Gasteiger partial charge in [-0.3, -0.25) is 0 Å². The van der Waals surface area contributed by atoms with E-state index in [1.807, 2.05) is 24.3 Å². The van der Waals surface area contributed by atoms with Crippen LogP contribution < -0.4 is 9.46 Å². The van der Waals surface area contributed by atoms with Crippen LogP contribution >= 0.6 is 0 Å². The highest BCUT2D eigenvalue weighted by Crippen LogP contribution is 2.30. The lowest BCUT2D eigenvalue weighted by molar-refractivity contribution is -0.137. The van der Waals surface area contributed by atoms with Crippen LogP contribution in [0.4, 0.5) is 13.2 Å². The quantitative estimate of drug-likeness (QED) is 0.897. The van der Waals surface area contributed by atoms with Crippen molar-refractivity contribution >= 4 is 10.0 Å². The van der Waals surface area contributed by atoms with Gasteiger partial charge in [-0.05, 0) is 42.7 Å². The number of rotatable bonds is 4. The van der Waals surface area contributed by atoms with Gasteiger partial charge >= 0.3 is 6.18 Å². The van der Waals surface area contributed by atoms with E-state index in [1.165, 1.54) is 0 Å². The molecule has 0 saturated heterocycles. The molecule has 1 aliphatic heterocycles. The van der Waals surface area contributed by atoms with Crippen LogP contribution in [0, 0.1) is 0 Å². The maximum absolute atomic E-state index is 12.7. The third kappa shape index (κ3) is 4.13. The predicted molar refractivity (Wildman–Crippen MR) is 85.8 cm³/mol. The molecule has 1 heterocycles. The standard InChI is InChI=1S/C17H16F3NO3S/c18-17(19,20)13-5-3-6-15(10-13)25(22,23)21-11-14-9-8-12-4-1-2-7-16(12)24-14/h1-7,10,14,21H,8-9,11H2. The van der Waals surface area contributed by atoms with Crippen LogP contribution in [0.2, 0.25) is 0 Å². The second kappa shape index (κ2) is 6.68. The summed E-state index contributed by atoms with van der Waals surface area (Å²) in [6.45, 7) is -0.00703. The highest BCUT2D eigenvalue weighted by molar-refractivity contribution is 7.89. The van der Waals surface area contributed by atoms with Crippen LogP contribution in [-0.4, -0.2) is 21.1 Å². The fourth-order valence-electron chi connectivity index (χ4n) is 2.65. The molecule has 25 heavy (non-hydrogen) atoms. The molecule has 1 unspecified atom stereocenters. The van der Waals surface area contributed by atoms with Gasteiger partial charge < -0.3 is 4.74 Å². The van der Waals surface area contributed by atoms with Gasteiger partial charge in [0.05, 0.1) is 10.5 Å². The van der Waals surface area contributed by atoms with Crippen molar-refractivity contribution in [2.45, 2.75) is 30.0 Å². The van der Waals surface area contributed by atoms with Gasteiger partial charge in [-0.1, -0.05) is 24.3 Å². The second-order valence-electron chi connectivity index (χ2n) is 5.76. The monoisotopic (exact) mass is 371 g/mol. The summed E-state index contributed by atoms with van der Waals surface area (Å²) >= 11 is 0. The predicted octanol–water partition coefficient (Wildman–Crippen LogP) is 3.38. The number of benzene rings is 2. The van der Waals surface area contributed by atoms with E-state index >= 15 is 0 Å². The summed E-state index contributed by atoms with van der Waals surface area (Å²) in [5.41, 5.74) is 0.0534. The minimum atomic E-state index is -4.60. The molecule has 0 aliphatic carbocycles. The number of halogens is 3. The third-order valence-electron chi connectivity index (χ3n) is 3.97. The van der Waals surface area contributed by atoms with Crippen molar-refractivity contribution in [3.8, 4) is 5.75 Å². The molecule has 0 bridgehead atoms. The van der Waals surface area contributed by atoms with Crippen LogP contribution in [0.3, 0.4) is 0 Å². The Labute approximate surface area is 143 Å². The highest BCUT2D eigenvalue weighted by atomic mass is 32.2. The molecular formula is C17H16F3NO3S. The summed E-state index contributed by atoms with van der Waals surface area (Å²) in [7, 11) is -4.05. The summed E-state index contributed by atoms with van der Waals surface area (Å²) in [4.78, 5) is -0.418. The fraction of sp³-hybridized carbons (Fsp3) is 0.294. The first kappa shape index (κ1) is 17.8. The molecule has 2 aromatic carbocycles. The SMILES string of the molecule is O=S(=O)(NCC1CCc2ccccc2O1)c1cccc(C(F)(F)F)c1. The van der Waals surface area contributed by atoms with E-state index in [9.17, 15) is 21.6 Å². The van der Waals surface area contributed by atoms with Gasteiger partial charge in [-0.25, -0.2) is 13.1 Å². The molecule has 0 spiro atoms. The molecular weight excluding hydrogens is 355 g/mol. The fourth-order valence-corrected chi connectivity index (χ4v) is 3.76. The van der Waals surface area contributed by atoms with Crippen molar-refractivity contribution in [2.75, 3.05) is 6.54 Å². The Bertz CT molecular complexity index is 865. The van der Waals surface area contributed by atoms with Crippen molar-refractivity contribution in [1.29, 1.82) is 0 Å². The van der Waals surface area contributed by atoms with Crippen molar-refractivity contribution < 1.29 is 26.3 Å². The molecule has 8 heteroatoms. The second-order valence-corrected chi connectivity index (χ2v) is 7.53. The molecule has 0 saturated carbocycles. The molecule has 0 radical (unpaired) electrons. The molecule has 0 amide bonds. The summed E-state index contributed by atoms with van der Waals surface area (Å²) in [5.74, 6) is 0.706. The lowest BCUT2D eigenvalue weighted by atomic mass is 10.0. The Hall–Kier alpha value is -2.06. The van der Waals surface area contributed by atoms with E-state index in [-0.39, 0.29) is 12.6 Å². The summed E-state index contributed by atoms with van der Waals surface area (Å²) in [6, 6.07) is 11.1. The van der Waals surface area contributed by atoms with Crippen LogP contribution in [0.15, 0.2) is 53.4 Å². The molecule has 0 aromatic heterocycles. The smallest absolute Gasteiger partial charge is 0.416 e. The van der Waals surface area contributed by atoms with E-state index in [1.54, 1.807) is 0 Å². The Balaban J connectivity index is 1.69. The highest BCUT2D eigenvalue weighted by Gasteiger charge is 2.32. The van der Waals surface area contributed by atoms with Crippen molar-refractivity contribution in [1.82, 2.24) is 4.72 Å². The molecule has 1 N–H and O–H groups in total. The molecule has 4 nitrogen and oxygen atoms in total. The minimum Gasteiger partial charge on any atom is -0.489 e. The number of sulfonamides is 1. The average molecular weight is 371 g/mol. The van der Waals surface area contributed by atoms with Crippen molar-refractivity contribution in [2.24, 2.45) is 0 Å². The number of para-hydroxylation sites is 1. The van der Waals surface area contributed by atoms with Crippen LogP contribution in [-0.2, 0) is 22.6 Å². The van der Waals surface area contributed by atoms with Gasteiger partial charge in [-0.15, -0.1) is 0 Å². The van der Waals surface area contributed by atoms with Crippen LogP contribution in [0.5, 0.6) is 5.75 Å². The van der Waals surface area contributed by atoms with Gasteiger partial charge in [-0.2, -0.15) is 13.2 Å². The maximum Gasteiger partial charge on any atom is 0.416 e. The largest absolute Gasteiger partial charge is 0.489 e. The summed E-state index contributed by atoms with van der Waals surface area (Å²) in [5, 5.41) is 0. The van der Waals surface area contributed by atoms with Crippen molar-refractivity contribution in [3.63, 3.8) is 0 Å². The minimum absolute atomic E-state index is 0.00703. The average Bonchev–Trinajstić information content (AvgIpc) is 2.59. The number of ether oxygens (including phenoxy) is 1. The van der Waals surface area contributed by atoms with Gasteiger partial charge in [0, 0.05) is 6.54 Å². The Kier molecular flexibility index (Phi) is 4.75. The van der Waals surface area contributed by atoms with Gasteiger partial charge in [0.1, 0.15) is 11.9 Å². The molecule has 1 atom stereocenters. The Morgan fingerprint density at radius 1 is 1.12 bits per heavy atom. The zero-order valence-corrected chi connectivity index (χ0v) is 13.9. The van der Waals surface area contributed by atoms with Crippen LogP contribution in [0.1, 0.15) is 17.5 Å². The number of alkyl halides is 3. The number of nitrogens with one attached hydrogen (secondary N) is 1. The normalized spacial score (nSPS) is 17.6. The van der Waals surface area contributed by atoms with Crippen molar-refractivity contribution in [3.05, 3.63) is 59.7 Å². The first-order valence-electron chi connectivity index (χ1n) is 7.67. The molecule has 3 rings (SSSR count). The number of hydrogen-bond acceptors (Lipinski definition) is 3. The van der Waals surface area contributed by atoms with E-state index in [2.05, 4.69) is 4.72 Å². The Morgan fingerprint density at radius 3 is 2.64 bits per heavy atom. The zero-order chi connectivity index (χ0) is 18.1. The summed E-state index contributed by atoms with van der Waals surface area (Å²) < 4.78 is 70.8. The molecule has 1 aliphatic rings. The first-order chi connectivity index (χ1) is 11.8. The zero-order valence-electron chi connectivity index (χ0n) is 13.1.